The molecule has 0 radical (unpaired) electrons. The molecule has 1 aliphatic carbocycles. The maximum Gasteiger partial charge on any atom is 0.344 e. The summed E-state index contributed by atoms with van der Waals surface area (Å²) in [6.45, 7) is 4.03. The number of hydrogen-bond donors (Lipinski definition) is 0. The molecule has 1 aliphatic rings. The van der Waals surface area contributed by atoms with Gasteiger partial charge >= 0.3 is 5.97 Å². The first-order valence-corrected chi connectivity index (χ1v) is 11.2. The van der Waals surface area contributed by atoms with Crippen molar-refractivity contribution in [2.45, 2.75) is 55.4 Å². The Labute approximate surface area is 179 Å². The smallest absolute Gasteiger partial charge is 0.344 e. The van der Waals surface area contributed by atoms with E-state index >= 15 is 0 Å². The molecule has 0 saturated heterocycles. The Kier molecular flexibility index (Phi) is 7.68. The largest absolute Gasteiger partial charge is 0.490 e. The quantitative estimate of drug-likeness (QED) is 0.436. The summed E-state index contributed by atoms with van der Waals surface area (Å²) in [6.07, 6.45) is 5.13. The molecule has 0 heterocycles. The van der Waals surface area contributed by atoms with Crippen LogP contribution in [0.2, 0.25) is 0 Å². The van der Waals surface area contributed by atoms with Gasteiger partial charge in [-0.1, -0.05) is 27.7 Å². The van der Waals surface area contributed by atoms with E-state index in [4.69, 9.17) is 14.2 Å². The Morgan fingerprint density at radius 1 is 1.14 bits per heavy atom. The molecular formula is C22H25BrO4S. The molecule has 6 heteroatoms. The van der Waals surface area contributed by atoms with E-state index in [-0.39, 0.29) is 12.6 Å². The molecule has 0 N–H and O–H groups in total. The van der Waals surface area contributed by atoms with Crippen LogP contribution in [0.4, 0.5) is 0 Å². The Hall–Kier alpha value is -1.66. The second-order valence-electron chi connectivity index (χ2n) is 6.77. The summed E-state index contributed by atoms with van der Waals surface area (Å²) in [7, 11) is 0. The minimum Gasteiger partial charge on any atom is -0.490 e. The fourth-order valence-corrected chi connectivity index (χ4v) is 4.81. The van der Waals surface area contributed by atoms with Crippen LogP contribution in [0.25, 0.3) is 0 Å². The zero-order chi connectivity index (χ0) is 19.9. The average molecular weight is 465 g/mol. The molecule has 150 valence electrons. The highest BCUT2D eigenvalue weighted by Gasteiger charge is 2.17. The molecule has 28 heavy (non-hydrogen) atoms. The summed E-state index contributed by atoms with van der Waals surface area (Å²) in [5.74, 6) is 1.25. The Bertz CT molecular complexity index is 818. The lowest BCUT2D eigenvalue weighted by molar-refractivity contribution is -0.145. The predicted octanol–water partition coefficient (Wildman–Crippen LogP) is 6.17. The van der Waals surface area contributed by atoms with E-state index in [0.29, 0.717) is 18.5 Å². The summed E-state index contributed by atoms with van der Waals surface area (Å²) in [6, 6.07) is 12.2. The molecule has 1 fully saturated rings. The molecule has 3 rings (SSSR count). The maximum atomic E-state index is 11.5. The van der Waals surface area contributed by atoms with E-state index in [2.05, 4.69) is 34.1 Å². The van der Waals surface area contributed by atoms with E-state index in [1.165, 1.54) is 12.8 Å². The van der Waals surface area contributed by atoms with Crippen LogP contribution in [0, 0.1) is 6.92 Å². The standard InChI is InChI=1S/C22H25BrO4S/c1-3-25-22(24)14-26-21-9-8-19(10-15(21)2)28-20-12-16(23)11-18(13-20)27-17-6-4-5-7-17/h8-13,17H,3-7,14H2,1-2H3. The lowest BCUT2D eigenvalue weighted by Gasteiger charge is -2.15. The van der Waals surface area contributed by atoms with Crippen molar-refractivity contribution in [2.75, 3.05) is 13.2 Å². The number of aryl methyl sites for hydroxylation is 1. The first kappa shape index (κ1) is 21.1. The van der Waals surface area contributed by atoms with Gasteiger partial charge in [0.05, 0.1) is 12.7 Å². The molecule has 2 aromatic rings. The third kappa shape index (κ3) is 6.17. The van der Waals surface area contributed by atoms with Crippen molar-refractivity contribution in [3.05, 3.63) is 46.4 Å². The molecule has 0 bridgehead atoms. The Morgan fingerprint density at radius 2 is 1.93 bits per heavy atom. The van der Waals surface area contributed by atoms with Crippen molar-refractivity contribution in [3.63, 3.8) is 0 Å². The van der Waals surface area contributed by atoms with Crippen LogP contribution in [0.3, 0.4) is 0 Å². The van der Waals surface area contributed by atoms with Gasteiger partial charge in [0.15, 0.2) is 6.61 Å². The SMILES string of the molecule is CCOC(=O)COc1ccc(Sc2cc(Br)cc(OC3CCCC3)c2)cc1C. The number of hydrogen-bond acceptors (Lipinski definition) is 5. The van der Waals surface area contributed by atoms with Crippen molar-refractivity contribution in [1.29, 1.82) is 0 Å². The van der Waals surface area contributed by atoms with Gasteiger partial charge in [0, 0.05) is 14.3 Å². The van der Waals surface area contributed by atoms with E-state index in [1.807, 2.05) is 25.1 Å². The van der Waals surface area contributed by atoms with E-state index in [9.17, 15) is 4.79 Å². The molecule has 0 amide bonds. The lowest BCUT2D eigenvalue weighted by atomic mass is 10.2. The van der Waals surface area contributed by atoms with Gasteiger partial charge in [-0.05, 0) is 81.5 Å². The van der Waals surface area contributed by atoms with Gasteiger partial charge in [0.2, 0.25) is 0 Å². The Morgan fingerprint density at radius 3 is 2.64 bits per heavy atom. The lowest BCUT2D eigenvalue weighted by Crippen LogP contribution is -2.14. The van der Waals surface area contributed by atoms with Crippen LogP contribution in [0.5, 0.6) is 11.5 Å². The van der Waals surface area contributed by atoms with Gasteiger partial charge in [-0.25, -0.2) is 4.79 Å². The number of benzene rings is 2. The summed E-state index contributed by atoms with van der Waals surface area (Å²) in [5, 5.41) is 0. The average Bonchev–Trinajstić information content (AvgIpc) is 3.14. The Balaban J connectivity index is 1.65. The molecule has 0 aromatic heterocycles. The highest BCUT2D eigenvalue weighted by atomic mass is 79.9. The first-order valence-electron chi connectivity index (χ1n) is 9.57. The van der Waals surface area contributed by atoms with Crippen LogP contribution in [-0.2, 0) is 9.53 Å². The van der Waals surface area contributed by atoms with Crippen LogP contribution in [0.1, 0.15) is 38.2 Å². The van der Waals surface area contributed by atoms with Gasteiger partial charge in [-0.3, -0.25) is 0 Å². The highest BCUT2D eigenvalue weighted by molar-refractivity contribution is 9.10. The highest BCUT2D eigenvalue weighted by Crippen LogP contribution is 2.36. The number of ether oxygens (including phenoxy) is 3. The van der Waals surface area contributed by atoms with Crippen molar-refractivity contribution in [2.24, 2.45) is 0 Å². The van der Waals surface area contributed by atoms with Crippen LogP contribution < -0.4 is 9.47 Å². The van der Waals surface area contributed by atoms with Crippen LogP contribution in [-0.4, -0.2) is 25.3 Å². The van der Waals surface area contributed by atoms with Gasteiger partial charge in [-0.15, -0.1) is 0 Å². The van der Waals surface area contributed by atoms with Crippen molar-refractivity contribution in [3.8, 4) is 11.5 Å². The zero-order valence-corrected chi connectivity index (χ0v) is 18.6. The second-order valence-corrected chi connectivity index (χ2v) is 8.83. The molecule has 0 spiro atoms. The van der Waals surface area contributed by atoms with Gasteiger partial charge in [-0.2, -0.15) is 0 Å². The molecule has 0 atom stereocenters. The number of esters is 1. The summed E-state index contributed by atoms with van der Waals surface area (Å²) in [4.78, 5) is 13.7. The van der Waals surface area contributed by atoms with Crippen molar-refractivity contribution >= 4 is 33.7 Å². The monoisotopic (exact) mass is 464 g/mol. The zero-order valence-electron chi connectivity index (χ0n) is 16.2. The normalized spacial score (nSPS) is 14.1. The molecule has 2 aromatic carbocycles. The van der Waals surface area contributed by atoms with Crippen molar-refractivity contribution < 1.29 is 19.0 Å². The third-order valence-corrected chi connectivity index (χ3v) is 5.90. The minimum atomic E-state index is -0.357. The number of carbonyl (C=O) groups is 1. The number of rotatable bonds is 8. The fraction of sp³-hybridized carbons (Fsp3) is 0.409. The molecule has 1 saturated carbocycles. The summed E-state index contributed by atoms with van der Waals surface area (Å²) >= 11 is 5.26. The van der Waals surface area contributed by atoms with E-state index in [1.54, 1.807) is 18.7 Å². The van der Waals surface area contributed by atoms with Crippen molar-refractivity contribution in [1.82, 2.24) is 0 Å². The molecule has 4 nitrogen and oxygen atoms in total. The first-order chi connectivity index (χ1) is 13.5. The predicted molar refractivity (Wildman–Crippen MR) is 114 cm³/mol. The fourth-order valence-electron chi connectivity index (χ4n) is 3.19. The maximum absolute atomic E-state index is 11.5. The molecule has 0 aliphatic heterocycles. The van der Waals surface area contributed by atoms with E-state index < -0.39 is 0 Å². The number of halogens is 1. The summed E-state index contributed by atoms with van der Waals surface area (Å²) in [5.41, 5.74) is 0.978. The number of carbonyl (C=O) groups excluding carboxylic acids is 1. The van der Waals surface area contributed by atoms with Gasteiger partial charge in [0.1, 0.15) is 11.5 Å². The minimum absolute atomic E-state index is 0.0747. The topological polar surface area (TPSA) is 44.8 Å². The van der Waals surface area contributed by atoms with Crippen LogP contribution in [0.15, 0.2) is 50.7 Å². The van der Waals surface area contributed by atoms with Crippen LogP contribution >= 0.6 is 27.7 Å². The van der Waals surface area contributed by atoms with Gasteiger partial charge in [0.25, 0.3) is 0 Å². The molecule has 0 unspecified atom stereocenters. The second kappa shape index (κ2) is 10.2. The third-order valence-electron chi connectivity index (χ3n) is 4.48. The van der Waals surface area contributed by atoms with Gasteiger partial charge < -0.3 is 14.2 Å². The summed E-state index contributed by atoms with van der Waals surface area (Å²) < 4.78 is 17.6. The van der Waals surface area contributed by atoms with E-state index in [0.717, 1.165) is 38.4 Å². The molecular weight excluding hydrogens is 440 g/mol.